The zero-order valence-corrected chi connectivity index (χ0v) is 20.8. The van der Waals surface area contributed by atoms with E-state index in [0.29, 0.717) is 56.4 Å². The van der Waals surface area contributed by atoms with E-state index < -0.39 is 27.9 Å². The van der Waals surface area contributed by atoms with Gasteiger partial charge in [-0.3, -0.25) is 9.80 Å². The summed E-state index contributed by atoms with van der Waals surface area (Å²) < 4.78 is 73.7. The van der Waals surface area contributed by atoms with Crippen LogP contribution in [0.5, 0.6) is 0 Å². The number of rotatable bonds is 8. The average Bonchev–Trinajstić information content (AvgIpc) is 3.32. The normalized spacial score (nSPS) is 24.6. The van der Waals surface area contributed by atoms with E-state index in [1.807, 2.05) is 6.92 Å². The van der Waals surface area contributed by atoms with E-state index in [-0.39, 0.29) is 36.4 Å². The molecule has 0 spiro atoms. The van der Waals surface area contributed by atoms with Crippen LogP contribution in [0.4, 0.5) is 13.2 Å². The topological polar surface area (TPSA) is 109 Å². The molecular formula is C23H31F3N4O5S. The number of hydrogen-bond acceptors (Lipinski definition) is 9. The number of aliphatic hydroxyl groups excluding tert-OH is 1. The molecule has 0 amide bonds. The van der Waals surface area contributed by atoms with Gasteiger partial charge in [-0.15, -0.1) is 0 Å². The van der Waals surface area contributed by atoms with E-state index >= 15 is 0 Å². The third-order valence-corrected chi connectivity index (χ3v) is 8.34. The minimum atomic E-state index is -4.42. The van der Waals surface area contributed by atoms with Gasteiger partial charge >= 0.3 is 6.18 Å². The van der Waals surface area contributed by atoms with Crippen LogP contribution in [0.25, 0.3) is 0 Å². The van der Waals surface area contributed by atoms with Crippen molar-refractivity contribution in [2.45, 2.75) is 44.1 Å². The molecule has 200 valence electrons. The molecule has 0 aliphatic carbocycles. The van der Waals surface area contributed by atoms with Gasteiger partial charge in [-0.2, -0.15) is 18.2 Å². The summed E-state index contributed by atoms with van der Waals surface area (Å²) in [5.74, 6) is 0.378. The highest BCUT2D eigenvalue weighted by Crippen LogP contribution is 2.37. The highest BCUT2D eigenvalue weighted by Gasteiger charge is 2.38. The van der Waals surface area contributed by atoms with Crippen LogP contribution in [0.1, 0.15) is 48.0 Å². The predicted molar refractivity (Wildman–Crippen MR) is 124 cm³/mol. The molecule has 1 N–H and O–H groups in total. The van der Waals surface area contributed by atoms with Crippen LogP contribution in [0, 0.1) is 0 Å². The van der Waals surface area contributed by atoms with Gasteiger partial charge in [0.15, 0.2) is 22.0 Å². The summed E-state index contributed by atoms with van der Waals surface area (Å²) in [5, 5.41) is 15.1. The molecule has 13 heteroatoms. The van der Waals surface area contributed by atoms with E-state index in [9.17, 15) is 26.7 Å². The second-order valence-corrected chi connectivity index (χ2v) is 11.5. The zero-order chi connectivity index (χ0) is 25.9. The van der Waals surface area contributed by atoms with Gasteiger partial charge in [0.25, 0.3) is 0 Å². The number of halogens is 3. The van der Waals surface area contributed by atoms with Crippen LogP contribution in [-0.2, 0) is 27.2 Å². The van der Waals surface area contributed by atoms with Crippen molar-refractivity contribution >= 4 is 9.84 Å². The molecule has 2 saturated heterocycles. The standard InChI is InChI=1S/C23H31F3N4O5S/c1-2-34-10-7-20-27-21(35-28-20)18-13-17(16-3-5-19(6-4-16)23(24,25)26)14-30(15-18)22(31)29-8-11-36(32,33)12-9-29/h3-6,17-18,22,31H,2,7-15H2,1H3. The predicted octanol–water partition coefficient (Wildman–Crippen LogP) is 2.25. The molecule has 36 heavy (non-hydrogen) atoms. The fourth-order valence-corrected chi connectivity index (χ4v) is 5.95. The number of ether oxygens (including phenoxy) is 1. The Balaban J connectivity index is 1.54. The van der Waals surface area contributed by atoms with Crippen LogP contribution in [-0.4, -0.2) is 90.7 Å². The van der Waals surface area contributed by atoms with Crippen molar-refractivity contribution in [3.63, 3.8) is 0 Å². The lowest BCUT2D eigenvalue weighted by atomic mass is 9.84. The molecule has 9 nitrogen and oxygen atoms in total. The summed E-state index contributed by atoms with van der Waals surface area (Å²) in [7, 11) is -3.12. The van der Waals surface area contributed by atoms with Crippen LogP contribution in [0.15, 0.2) is 28.8 Å². The second-order valence-electron chi connectivity index (χ2n) is 9.23. The van der Waals surface area contributed by atoms with Crippen molar-refractivity contribution in [2.24, 2.45) is 0 Å². The summed E-state index contributed by atoms with van der Waals surface area (Å²) in [5.41, 5.74) is -0.0110. The van der Waals surface area contributed by atoms with Gasteiger partial charge in [0, 0.05) is 39.2 Å². The molecule has 3 unspecified atom stereocenters. The maximum atomic E-state index is 13.1. The number of likely N-dealkylation sites (tertiary alicyclic amines) is 1. The number of hydrogen-bond donors (Lipinski definition) is 1. The van der Waals surface area contributed by atoms with Crippen molar-refractivity contribution in [2.75, 3.05) is 50.9 Å². The minimum Gasteiger partial charge on any atom is -0.381 e. The first kappa shape index (κ1) is 27.0. The van der Waals surface area contributed by atoms with E-state index in [1.165, 1.54) is 12.1 Å². The number of aromatic nitrogens is 2. The minimum absolute atomic E-state index is 0.0312. The van der Waals surface area contributed by atoms with E-state index in [2.05, 4.69) is 10.1 Å². The Labute approximate surface area is 208 Å². The third-order valence-electron chi connectivity index (χ3n) is 6.73. The fraction of sp³-hybridized carbons (Fsp3) is 0.652. The van der Waals surface area contributed by atoms with Crippen molar-refractivity contribution in [1.29, 1.82) is 0 Å². The summed E-state index contributed by atoms with van der Waals surface area (Å²) in [4.78, 5) is 8.00. The molecule has 2 fully saturated rings. The van der Waals surface area contributed by atoms with Crippen molar-refractivity contribution in [3.05, 3.63) is 47.1 Å². The largest absolute Gasteiger partial charge is 0.416 e. The lowest BCUT2D eigenvalue weighted by Crippen LogP contribution is -2.56. The molecular weight excluding hydrogens is 501 g/mol. The van der Waals surface area contributed by atoms with E-state index in [1.54, 1.807) is 9.80 Å². The molecule has 4 rings (SSSR count). The smallest absolute Gasteiger partial charge is 0.381 e. The summed E-state index contributed by atoms with van der Waals surface area (Å²) in [6.45, 7) is 4.11. The SMILES string of the molecule is CCOCCc1noc(C2CC(c3ccc(C(F)(F)F)cc3)CN(C(O)N3CCS(=O)(=O)CC3)C2)n1. The van der Waals surface area contributed by atoms with Gasteiger partial charge in [0.1, 0.15) is 0 Å². The zero-order valence-electron chi connectivity index (χ0n) is 20.0. The molecule has 0 saturated carbocycles. The van der Waals surface area contributed by atoms with Crippen LogP contribution >= 0.6 is 0 Å². The number of benzene rings is 1. The van der Waals surface area contributed by atoms with Crippen molar-refractivity contribution in [1.82, 2.24) is 19.9 Å². The molecule has 0 radical (unpaired) electrons. The van der Waals surface area contributed by atoms with Crippen LogP contribution < -0.4 is 0 Å². The summed E-state index contributed by atoms with van der Waals surface area (Å²) in [6.07, 6.45) is -4.43. The molecule has 3 heterocycles. The highest BCUT2D eigenvalue weighted by molar-refractivity contribution is 7.91. The Hall–Kier alpha value is -2.06. The van der Waals surface area contributed by atoms with Crippen LogP contribution in [0.2, 0.25) is 0 Å². The Kier molecular flexibility index (Phi) is 8.35. The molecule has 2 aliphatic rings. The first-order valence-electron chi connectivity index (χ1n) is 12.0. The third kappa shape index (κ3) is 6.62. The fourth-order valence-electron chi connectivity index (χ4n) is 4.72. The first-order chi connectivity index (χ1) is 17.1. The van der Waals surface area contributed by atoms with Gasteiger partial charge in [-0.1, -0.05) is 17.3 Å². The monoisotopic (exact) mass is 532 g/mol. The van der Waals surface area contributed by atoms with Crippen LogP contribution in [0.3, 0.4) is 0 Å². The Morgan fingerprint density at radius 1 is 1.14 bits per heavy atom. The van der Waals surface area contributed by atoms with Crippen molar-refractivity contribution in [3.8, 4) is 0 Å². The number of piperidine rings is 1. The van der Waals surface area contributed by atoms with E-state index in [0.717, 1.165) is 12.1 Å². The average molecular weight is 533 g/mol. The summed E-state index contributed by atoms with van der Waals surface area (Å²) in [6, 6.07) is 5.06. The van der Waals surface area contributed by atoms with Gasteiger partial charge in [-0.05, 0) is 37.0 Å². The molecule has 2 aliphatic heterocycles. The van der Waals surface area contributed by atoms with Gasteiger partial charge in [0.2, 0.25) is 5.89 Å². The number of nitrogens with zero attached hydrogens (tertiary/aromatic N) is 4. The Morgan fingerprint density at radius 2 is 1.81 bits per heavy atom. The second kappa shape index (κ2) is 11.1. The van der Waals surface area contributed by atoms with Crippen molar-refractivity contribution < 1.29 is 36.0 Å². The van der Waals surface area contributed by atoms with Gasteiger partial charge in [0.05, 0.1) is 29.6 Å². The van der Waals surface area contributed by atoms with E-state index in [4.69, 9.17) is 9.26 Å². The van der Waals surface area contributed by atoms with Gasteiger partial charge in [-0.25, -0.2) is 8.42 Å². The maximum Gasteiger partial charge on any atom is 0.416 e. The molecule has 3 atom stereocenters. The molecule has 0 bridgehead atoms. The summed E-state index contributed by atoms with van der Waals surface area (Å²) >= 11 is 0. The molecule has 1 aromatic heterocycles. The number of alkyl halides is 3. The molecule has 2 aromatic rings. The highest BCUT2D eigenvalue weighted by atomic mass is 32.2. The lowest BCUT2D eigenvalue weighted by Gasteiger charge is -2.43. The van der Waals surface area contributed by atoms with Gasteiger partial charge < -0.3 is 14.4 Å². The first-order valence-corrected chi connectivity index (χ1v) is 13.8. The maximum absolute atomic E-state index is 13.1. The number of sulfone groups is 1. The Morgan fingerprint density at radius 3 is 2.44 bits per heavy atom. The molecule has 1 aromatic carbocycles. The Bertz CT molecular complexity index is 1100. The lowest BCUT2D eigenvalue weighted by molar-refractivity contribution is -0.137. The quantitative estimate of drug-likeness (QED) is 0.512. The number of aliphatic hydroxyl groups is 1.